The summed E-state index contributed by atoms with van der Waals surface area (Å²) in [6, 6.07) is 5.62. The highest BCUT2D eigenvalue weighted by Crippen LogP contribution is 2.24. The van der Waals surface area contributed by atoms with E-state index in [1.165, 1.54) is 13.3 Å². The van der Waals surface area contributed by atoms with Gasteiger partial charge in [-0.25, -0.2) is 9.97 Å². The van der Waals surface area contributed by atoms with E-state index in [0.717, 1.165) is 16.8 Å². The van der Waals surface area contributed by atoms with Crippen molar-refractivity contribution in [1.29, 1.82) is 0 Å². The molecule has 0 aliphatic carbocycles. The molecule has 3 rings (SSSR count). The van der Waals surface area contributed by atoms with Crippen LogP contribution in [0.4, 0.5) is 5.82 Å². The maximum Gasteiger partial charge on any atom is 0.222 e. The largest absolute Gasteiger partial charge is 0.360 e. The van der Waals surface area contributed by atoms with Gasteiger partial charge < -0.3 is 10.3 Å². The first kappa shape index (κ1) is 12.1. The summed E-state index contributed by atoms with van der Waals surface area (Å²) >= 11 is 0. The fraction of sp³-hybridized carbons (Fsp3) is 0.0769. The van der Waals surface area contributed by atoms with E-state index in [9.17, 15) is 4.79 Å². The Bertz CT molecular complexity index is 731. The minimum absolute atomic E-state index is 0.150. The molecule has 0 saturated heterocycles. The maximum absolute atomic E-state index is 11.0. The lowest BCUT2D eigenvalue weighted by Crippen LogP contribution is -2.07. The lowest BCUT2D eigenvalue weighted by atomic mass is 10.2. The zero-order valence-corrected chi connectivity index (χ0v) is 10.7. The van der Waals surface area contributed by atoms with Gasteiger partial charge in [-0.05, 0) is 18.2 Å². The lowest BCUT2D eigenvalue weighted by molar-refractivity contribution is -0.114. The molecular weight excluding hydrogens is 256 g/mol. The zero-order valence-electron chi connectivity index (χ0n) is 10.7. The Morgan fingerprint density at radius 2 is 2.15 bits per heavy atom. The number of amides is 1. The normalized spacial score (nSPS) is 10.4. The molecule has 3 aromatic heterocycles. The van der Waals surface area contributed by atoms with Crippen LogP contribution in [-0.2, 0) is 4.79 Å². The Hall–Kier alpha value is -2.96. The summed E-state index contributed by atoms with van der Waals surface area (Å²) in [6.07, 6.45) is 4.95. The summed E-state index contributed by atoms with van der Waals surface area (Å²) in [4.78, 5) is 22.4. The summed E-state index contributed by atoms with van der Waals surface area (Å²) in [5.41, 5.74) is 2.75. The highest BCUT2D eigenvalue weighted by molar-refractivity contribution is 5.88. The monoisotopic (exact) mass is 268 g/mol. The molecule has 0 aliphatic heterocycles. The van der Waals surface area contributed by atoms with Crippen LogP contribution in [0.1, 0.15) is 6.92 Å². The number of nitrogens with one attached hydrogen (secondary N) is 3. The van der Waals surface area contributed by atoms with Crippen molar-refractivity contribution < 1.29 is 4.79 Å². The van der Waals surface area contributed by atoms with Crippen molar-refractivity contribution in [1.82, 2.24) is 25.1 Å². The van der Waals surface area contributed by atoms with E-state index in [0.29, 0.717) is 11.6 Å². The molecule has 7 heteroatoms. The number of hydrogen-bond donors (Lipinski definition) is 3. The van der Waals surface area contributed by atoms with E-state index in [-0.39, 0.29) is 5.91 Å². The van der Waals surface area contributed by atoms with Crippen LogP contribution >= 0.6 is 0 Å². The van der Waals surface area contributed by atoms with Crippen LogP contribution in [0.15, 0.2) is 36.9 Å². The van der Waals surface area contributed by atoms with Crippen molar-refractivity contribution in [2.75, 3.05) is 5.32 Å². The van der Waals surface area contributed by atoms with Crippen LogP contribution in [0.5, 0.6) is 0 Å². The molecule has 0 aromatic carbocycles. The van der Waals surface area contributed by atoms with Crippen LogP contribution in [-0.4, -0.2) is 31.1 Å². The summed E-state index contributed by atoms with van der Waals surface area (Å²) in [5.74, 6) is 1.07. The molecule has 1 amide bonds. The van der Waals surface area contributed by atoms with E-state index in [1.807, 2.05) is 18.3 Å². The molecule has 3 heterocycles. The molecule has 0 aliphatic rings. The van der Waals surface area contributed by atoms with Gasteiger partial charge in [0, 0.05) is 36.1 Å². The molecular formula is C13H12N6O. The minimum atomic E-state index is -0.150. The number of aromatic amines is 2. The SMILES string of the molecule is CC(=O)Nc1cc(-c2cc(-c3ncn[nH]3)c[nH]2)ccn1. The highest BCUT2D eigenvalue weighted by atomic mass is 16.1. The number of aromatic nitrogens is 5. The molecule has 0 spiro atoms. The van der Waals surface area contributed by atoms with Gasteiger partial charge in [0.05, 0.1) is 0 Å². The standard InChI is InChI=1S/C13H12N6O/c1-8(20)18-12-5-9(2-3-14-12)11-4-10(6-15-11)13-16-7-17-19-13/h2-7,15H,1H3,(H,14,18,20)(H,16,17,19). The van der Waals surface area contributed by atoms with Crippen molar-refractivity contribution in [3.63, 3.8) is 0 Å². The van der Waals surface area contributed by atoms with Gasteiger partial charge in [0.2, 0.25) is 5.91 Å². The molecule has 3 N–H and O–H groups in total. The third-order valence-corrected chi connectivity index (χ3v) is 2.75. The number of rotatable bonds is 3. The third-order valence-electron chi connectivity index (χ3n) is 2.75. The van der Waals surface area contributed by atoms with Gasteiger partial charge in [0.15, 0.2) is 5.82 Å². The fourth-order valence-corrected chi connectivity index (χ4v) is 1.89. The number of H-pyrrole nitrogens is 2. The predicted molar refractivity (Wildman–Crippen MR) is 73.7 cm³/mol. The van der Waals surface area contributed by atoms with Gasteiger partial charge >= 0.3 is 0 Å². The third kappa shape index (κ3) is 2.41. The minimum Gasteiger partial charge on any atom is -0.360 e. The van der Waals surface area contributed by atoms with Gasteiger partial charge in [-0.2, -0.15) is 5.10 Å². The second-order valence-electron chi connectivity index (χ2n) is 4.25. The summed E-state index contributed by atoms with van der Waals surface area (Å²) in [7, 11) is 0. The van der Waals surface area contributed by atoms with Crippen molar-refractivity contribution in [3.05, 3.63) is 36.9 Å². The quantitative estimate of drug-likeness (QED) is 0.674. The van der Waals surface area contributed by atoms with E-state index >= 15 is 0 Å². The fourth-order valence-electron chi connectivity index (χ4n) is 1.89. The van der Waals surface area contributed by atoms with Crippen molar-refractivity contribution in [3.8, 4) is 22.6 Å². The van der Waals surface area contributed by atoms with Crippen molar-refractivity contribution in [2.24, 2.45) is 0 Å². The van der Waals surface area contributed by atoms with Crippen LogP contribution in [0.3, 0.4) is 0 Å². The van der Waals surface area contributed by atoms with E-state index < -0.39 is 0 Å². The predicted octanol–water partition coefficient (Wildman–Crippen LogP) is 1.82. The molecule has 0 fully saturated rings. The number of anilines is 1. The van der Waals surface area contributed by atoms with Crippen LogP contribution in [0.2, 0.25) is 0 Å². The molecule has 3 aromatic rings. The smallest absolute Gasteiger partial charge is 0.222 e. The average Bonchev–Trinajstić information content (AvgIpc) is 3.09. The van der Waals surface area contributed by atoms with Crippen molar-refractivity contribution >= 4 is 11.7 Å². The summed E-state index contributed by atoms with van der Waals surface area (Å²) < 4.78 is 0. The Balaban J connectivity index is 1.91. The Morgan fingerprint density at radius 1 is 1.25 bits per heavy atom. The van der Waals surface area contributed by atoms with Gasteiger partial charge in [-0.1, -0.05) is 0 Å². The first-order valence-electron chi connectivity index (χ1n) is 6.00. The second kappa shape index (κ2) is 4.96. The zero-order chi connectivity index (χ0) is 13.9. The van der Waals surface area contributed by atoms with Gasteiger partial charge in [0.1, 0.15) is 12.1 Å². The lowest BCUT2D eigenvalue weighted by Gasteiger charge is -2.03. The number of pyridine rings is 1. The van der Waals surface area contributed by atoms with Crippen LogP contribution in [0, 0.1) is 0 Å². The maximum atomic E-state index is 11.0. The molecule has 7 nitrogen and oxygen atoms in total. The van der Waals surface area contributed by atoms with Crippen molar-refractivity contribution in [2.45, 2.75) is 6.92 Å². The number of nitrogens with zero attached hydrogens (tertiary/aromatic N) is 3. The molecule has 100 valence electrons. The van der Waals surface area contributed by atoms with Crippen LogP contribution in [0.25, 0.3) is 22.6 Å². The molecule has 20 heavy (non-hydrogen) atoms. The molecule has 0 radical (unpaired) electrons. The second-order valence-corrected chi connectivity index (χ2v) is 4.25. The average molecular weight is 268 g/mol. The van der Waals surface area contributed by atoms with E-state index in [2.05, 4.69) is 30.5 Å². The summed E-state index contributed by atoms with van der Waals surface area (Å²) in [6.45, 7) is 1.45. The van der Waals surface area contributed by atoms with Gasteiger partial charge in [0.25, 0.3) is 0 Å². The Labute approximate surface area is 114 Å². The number of carbonyl (C=O) groups is 1. The molecule has 0 bridgehead atoms. The first-order chi connectivity index (χ1) is 9.72. The molecule has 0 unspecified atom stereocenters. The summed E-state index contributed by atoms with van der Waals surface area (Å²) in [5, 5.41) is 9.28. The number of hydrogen-bond acceptors (Lipinski definition) is 4. The molecule has 0 saturated carbocycles. The van der Waals surface area contributed by atoms with E-state index in [1.54, 1.807) is 12.3 Å². The van der Waals surface area contributed by atoms with Crippen LogP contribution < -0.4 is 5.32 Å². The Kier molecular flexibility index (Phi) is 3.00. The van der Waals surface area contributed by atoms with Gasteiger partial charge in [-0.3, -0.25) is 9.89 Å². The molecule has 0 atom stereocenters. The topological polar surface area (TPSA) is 99.4 Å². The first-order valence-corrected chi connectivity index (χ1v) is 6.00. The van der Waals surface area contributed by atoms with E-state index in [4.69, 9.17) is 0 Å². The Morgan fingerprint density at radius 3 is 2.90 bits per heavy atom. The van der Waals surface area contributed by atoms with Gasteiger partial charge in [-0.15, -0.1) is 0 Å². The highest BCUT2D eigenvalue weighted by Gasteiger charge is 2.07. The number of carbonyl (C=O) groups excluding carboxylic acids is 1.